The largest absolute Gasteiger partial charge is 0.354 e. The number of para-hydroxylation sites is 3. The minimum Gasteiger partial charge on any atom is -0.354 e. The van der Waals surface area contributed by atoms with Crippen molar-refractivity contribution in [3.05, 3.63) is 247 Å². The zero-order chi connectivity index (χ0) is 44.1. The summed E-state index contributed by atoms with van der Waals surface area (Å²) in [6.07, 6.45) is 0.873. The normalized spacial score (nSPS) is 11.7. The molecule has 1 aliphatic carbocycles. The summed E-state index contributed by atoms with van der Waals surface area (Å²) in [7, 11) is 0. The van der Waals surface area contributed by atoms with E-state index in [4.69, 9.17) is 0 Å². The topological polar surface area (TPSA) is 31.1 Å². The first-order valence-electron chi connectivity index (χ1n) is 22.9. The molecule has 0 spiro atoms. The van der Waals surface area contributed by atoms with Gasteiger partial charge in [-0.1, -0.05) is 194 Å². The van der Waals surface area contributed by atoms with Crippen molar-refractivity contribution in [2.24, 2.45) is 0 Å². The Morgan fingerprint density at radius 2 is 1.02 bits per heavy atom. The van der Waals surface area contributed by atoms with Crippen LogP contribution in [0.3, 0.4) is 0 Å². The third-order valence-electron chi connectivity index (χ3n) is 13.7. The summed E-state index contributed by atoms with van der Waals surface area (Å²) in [5.74, 6) is 0. The van der Waals surface area contributed by atoms with Crippen molar-refractivity contribution in [1.82, 2.24) is 4.98 Å². The lowest BCUT2D eigenvalue weighted by molar-refractivity contribution is 1.23. The van der Waals surface area contributed by atoms with Crippen molar-refractivity contribution < 1.29 is 0 Å². The molecule has 66 heavy (non-hydrogen) atoms. The molecule has 0 radical (unpaired) electrons. The number of nitrogens with one attached hydrogen (secondary N) is 2. The minimum atomic E-state index is 0.873. The fourth-order valence-electron chi connectivity index (χ4n) is 10.5. The lowest BCUT2D eigenvalue weighted by atomic mass is 9.84. The molecule has 0 fully saturated rings. The van der Waals surface area contributed by atoms with Crippen LogP contribution in [-0.4, -0.2) is 4.98 Å². The van der Waals surface area contributed by atoms with E-state index in [9.17, 15) is 0 Å². The molecule has 0 aliphatic heterocycles. The molecule has 1 aliphatic rings. The van der Waals surface area contributed by atoms with Crippen LogP contribution < -0.4 is 10.2 Å². The number of rotatable bonds is 9. The lowest BCUT2D eigenvalue weighted by Gasteiger charge is -2.35. The zero-order valence-electron chi connectivity index (χ0n) is 37.0. The fraction of sp³-hybridized carbons (Fsp3) is 0.0476. The first-order chi connectivity index (χ1) is 32.6. The Morgan fingerprint density at radius 3 is 1.76 bits per heavy atom. The highest BCUT2D eigenvalue weighted by molar-refractivity contribution is 6.17. The molecule has 10 aromatic carbocycles. The van der Waals surface area contributed by atoms with Crippen LogP contribution in [0.15, 0.2) is 224 Å². The molecule has 11 aromatic rings. The lowest BCUT2D eigenvalue weighted by Crippen LogP contribution is -2.17. The van der Waals surface area contributed by atoms with Gasteiger partial charge in [-0.15, -0.1) is 0 Å². The van der Waals surface area contributed by atoms with Crippen molar-refractivity contribution in [2.75, 3.05) is 10.2 Å². The quantitative estimate of drug-likeness (QED) is 0.152. The summed E-state index contributed by atoms with van der Waals surface area (Å²) in [5, 5.41) is 6.63. The average molecular weight is 846 g/mol. The van der Waals surface area contributed by atoms with E-state index in [1.807, 2.05) is 0 Å². The van der Waals surface area contributed by atoms with Crippen LogP contribution >= 0.6 is 0 Å². The number of anilines is 5. The third-order valence-corrected chi connectivity index (χ3v) is 13.7. The summed E-state index contributed by atoms with van der Waals surface area (Å²) in [4.78, 5) is 6.46. The van der Waals surface area contributed by atoms with Crippen molar-refractivity contribution >= 4 is 50.2 Å². The second-order valence-electron chi connectivity index (χ2n) is 17.4. The van der Waals surface area contributed by atoms with Crippen LogP contribution in [0.5, 0.6) is 0 Å². The van der Waals surface area contributed by atoms with Gasteiger partial charge in [-0.2, -0.15) is 0 Å². The summed E-state index contributed by atoms with van der Waals surface area (Å²) >= 11 is 0. The van der Waals surface area contributed by atoms with Gasteiger partial charge in [0.05, 0.1) is 22.6 Å². The molecule has 0 unspecified atom stereocenters. The Balaban J connectivity index is 1.21. The molecule has 3 nitrogen and oxygen atoms in total. The minimum absolute atomic E-state index is 0.873. The number of hydrogen-bond acceptors (Lipinski definition) is 2. The van der Waals surface area contributed by atoms with Crippen molar-refractivity contribution in [1.29, 1.82) is 0 Å². The maximum absolute atomic E-state index is 4.22. The number of nitrogens with zero attached hydrogens (tertiary/aromatic N) is 1. The molecule has 2 N–H and O–H groups in total. The van der Waals surface area contributed by atoms with Crippen LogP contribution in [0.1, 0.15) is 22.3 Å². The van der Waals surface area contributed by atoms with Gasteiger partial charge in [0.15, 0.2) is 0 Å². The Kier molecular flexibility index (Phi) is 9.69. The van der Waals surface area contributed by atoms with E-state index in [2.05, 4.69) is 254 Å². The SMILES string of the molecule is Cc1c(C)c(-c2ccccc2)c(-c2ccccc2)c(N(c2ccccc2)c2ccccc2-c2c(-c3ccccc3)ccc3c2[nH]c2ccccc23)c1Nc1cccc2c1Cc1ccccc1-2. The van der Waals surface area contributed by atoms with E-state index in [0.717, 1.165) is 73.7 Å². The number of hydrogen-bond donors (Lipinski definition) is 2. The number of H-pyrrole nitrogens is 1. The maximum atomic E-state index is 4.22. The van der Waals surface area contributed by atoms with Gasteiger partial charge < -0.3 is 15.2 Å². The molecular weight excluding hydrogens is 799 g/mol. The van der Waals surface area contributed by atoms with Gasteiger partial charge in [0.1, 0.15) is 0 Å². The standard InChI is InChI=1S/C63H47N3/c1-41-42(2)61(64-56-36-21-34-50-48-31-16-15-28-46(48)40-54(50)56)63(59(45-26-11-5-12-27-45)58(41)44-24-9-4-10-25-44)66(47-29-13-6-14-30-47)57-37-20-18-33-53(57)60-49(43-22-7-3-8-23-43)38-39-52-51-32-17-19-35-55(51)65-62(52)60/h3-39,64-65H,40H2,1-2H3. The summed E-state index contributed by atoms with van der Waals surface area (Å²) in [5.41, 5.74) is 24.7. The highest BCUT2D eigenvalue weighted by Gasteiger charge is 2.31. The molecule has 0 saturated heterocycles. The second-order valence-corrected chi connectivity index (χ2v) is 17.4. The Bertz CT molecular complexity index is 3590. The molecular formula is C63H47N3. The smallest absolute Gasteiger partial charge is 0.0785 e. The highest BCUT2D eigenvalue weighted by atomic mass is 15.2. The molecule has 3 heteroatoms. The summed E-state index contributed by atoms with van der Waals surface area (Å²) in [6, 6.07) is 81.6. The predicted molar refractivity (Wildman–Crippen MR) is 280 cm³/mol. The number of benzene rings is 10. The Labute approximate surface area is 386 Å². The van der Waals surface area contributed by atoms with Crippen LogP contribution in [0, 0.1) is 13.8 Å². The van der Waals surface area contributed by atoms with Crippen LogP contribution in [0.4, 0.5) is 28.4 Å². The Morgan fingerprint density at radius 1 is 0.424 bits per heavy atom. The summed E-state index contributed by atoms with van der Waals surface area (Å²) in [6.45, 7) is 4.60. The Hall–Kier alpha value is -8.40. The van der Waals surface area contributed by atoms with Crippen LogP contribution in [-0.2, 0) is 6.42 Å². The van der Waals surface area contributed by atoms with Crippen LogP contribution in [0.2, 0.25) is 0 Å². The van der Waals surface area contributed by atoms with E-state index in [0.29, 0.717) is 0 Å². The molecule has 0 amide bonds. The second kappa shape index (κ2) is 16.3. The van der Waals surface area contributed by atoms with Crippen molar-refractivity contribution in [3.63, 3.8) is 0 Å². The zero-order valence-corrected chi connectivity index (χ0v) is 37.0. The molecule has 1 aromatic heterocycles. The van der Waals surface area contributed by atoms with E-state index < -0.39 is 0 Å². The van der Waals surface area contributed by atoms with Gasteiger partial charge in [0, 0.05) is 50.8 Å². The van der Waals surface area contributed by atoms with Crippen molar-refractivity contribution in [3.8, 4) is 55.6 Å². The van der Waals surface area contributed by atoms with Gasteiger partial charge >= 0.3 is 0 Å². The van der Waals surface area contributed by atoms with Crippen molar-refractivity contribution in [2.45, 2.75) is 20.3 Å². The number of aromatic nitrogens is 1. The van der Waals surface area contributed by atoms with Gasteiger partial charge in [-0.25, -0.2) is 0 Å². The number of fused-ring (bicyclic) bond motifs is 6. The first kappa shape index (κ1) is 39.2. The molecule has 12 rings (SSSR count). The molecule has 0 saturated carbocycles. The van der Waals surface area contributed by atoms with Gasteiger partial charge in [-0.05, 0) is 105 Å². The molecule has 1 heterocycles. The maximum Gasteiger partial charge on any atom is 0.0785 e. The van der Waals surface area contributed by atoms with Crippen LogP contribution in [0.25, 0.3) is 77.4 Å². The van der Waals surface area contributed by atoms with E-state index in [1.54, 1.807) is 0 Å². The third kappa shape index (κ3) is 6.51. The van der Waals surface area contributed by atoms with E-state index in [-0.39, 0.29) is 0 Å². The average Bonchev–Trinajstić information content (AvgIpc) is 3.96. The van der Waals surface area contributed by atoms with Gasteiger partial charge in [0.2, 0.25) is 0 Å². The predicted octanol–water partition coefficient (Wildman–Crippen LogP) is 17.4. The molecule has 0 bridgehead atoms. The highest BCUT2D eigenvalue weighted by Crippen LogP contribution is 2.56. The fourth-order valence-corrected chi connectivity index (χ4v) is 10.5. The molecule has 314 valence electrons. The van der Waals surface area contributed by atoms with Gasteiger partial charge in [0.25, 0.3) is 0 Å². The molecule has 0 atom stereocenters. The van der Waals surface area contributed by atoms with Gasteiger partial charge in [-0.3, -0.25) is 0 Å². The van der Waals surface area contributed by atoms with E-state index >= 15 is 0 Å². The first-order valence-corrected chi connectivity index (χ1v) is 22.9. The summed E-state index contributed by atoms with van der Waals surface area (Å²) < 4.78 is 0. The van der Waals surface area contributed by atoms with E-state index in [1.165, 1.54) is 60.8 Å². The monoisotopic (exact) mass is 845 g/mol. The number of aromatic amines is 1.